The number of aromatic amines is 1. The van der Waals surface area contributed by atoms with Crippen LogP contribution in [0.25, 0.3) is 5.69 Å². The molecule has 0 atom stereocenters. The average Bonchev–Trinajstić information content (AvgIpc) is 2.63. The summed E-state index contributed by atoms with van der Waals surface area (Å²) in [6, 6.07) is 7.81. The number of rotatable bonds is 4. The van der Waals surface area contributed by atoms with Gasteiger partial charge in [0, 0.05) is 11.9 Å². The van der Waals surface area contributed by atoms with E-state index in [1.165, 1.54) is 43.4 Å². The van der Waals surface area contributed by atoms with Gasteiger partial charge < -0.3 is 4.74 Å². The molecule has 3 rings (SSSR count). The molecule has 158 valence electrons. The number of ether oxygens (including phenoxy) is 1. The van der Waals surface area contributed by atoms with Crippen LogP contribution >= 0.6 is 39.3 Å². The van der Waals surface area contributed by atoms with Crippen molar-refractivity contribution in [2.24, 2.45) is 7.05 Å². The first-order valence-corrected chi connectivity index (χ1v) is 9.90. The molecule has 13 heteroatoms. The van der Waals surface area contributed by atoms with E-state index >= 15 is 0 Å². The van der Waals surface area contributed by atoms with Gasteiger partial charge in [0.05, 0.1) is 15.2 Å². The van der Waals surface area contributed by atoms with E-state index in [1.807, 2.05) is 4.98 Å². The van der Waals surface area contributed by atoms with Crippen LogP contribution in [-0.2, 0) is 7.05 Å². The topological polar surface area (TPSA) is 86.1 Å². The molecule has 0 aliphatic rings. The van der Waals surface area contributed by atoms with Crippen molar-refractivity contribution in [3.8, 4) is 17.2 Å². The molecule has 1 aromatic heterocycles. The number of aromatic nitrogens is 3. The Morgan fingerprint density at radius 3 is 2.30 bits per heavy atom. The van der Waals surface area contributed by atoms with Crippen LogP contribution in [0.15, 0.2) is 60.2 Å². The number of alkyl halides is 3. The molecule has 0 unspecified atom stereocenters. The molecule has 1 N–H and O–H groups in total. The zero-order valence-corrected chi connectivity index (χ0v) is 17.9. The molecule has 0 aliphatic carbocycles. The SMILES string of the molecule is Cn1c(=O)[nH]c(=O)n(-c2cc(Cl)c(Oc3ccc(SC(F)(F)F)cc3)c(Br)c2)c1=O. The first-order valence-electron chi connectivity index (χ1n) is 7.92. The third-order valence-corrected chi connectivity index (χ3v) is 5.33. The second kappa shape index (κ2) is 8.36. The van der Waals surface area contributed by atoms with Gasteiger partial charge in [0.15, 0.2) is 5.75 Å². The Morgan fingerprint density at radius 2 is 1.73 bits per heavy atom. The molecule has 0 saturated heterocycles. The molecule has 7 nitrogen and oxygen atoms in total. The molecule has 0 saturated carbocycles. The number of halogens is 5. The van der Waals surface area contributed by atoms with Crippen LogP contribution in [0.3, 0.4) is 0 Å². The predicted molar refractivity (Wildman–Crippen MR) is 109 cm³/mol. The minimum Gasteiger partial charge on any atom is -0.455 e. The lowest BCUT2D eigenvalue weighted by atomic mass is 10.3. The minimum atomic E-state index is -4.40. The number of benzene rings is 2. The maximum atomic E-state index is 12.4. The summed E-state index contributed by atoms with van der Waals surface area (Å²) in [5.41, 5.74) is -7.02. The van der Waals surface area contributed by atoms with Gasteiger partial charge in [0.2, 0.25) is 0 Å². The fourth-order valence-corrected chi connectivity index (χ4v) is 3.82. The molecule has 0 bridgehead atoms. The fourth-order valence-electron chi connectivity index (χ4n) is 2.38. The first-order chi connectivity index (χ1) is 14.0. The van der Waals surface area contributed by atoms with Crippen molar-refractivity contribution < 1.29 is 17.9 Å². The smallest absolute Gasteiger partial charge is 0.446 e. The van der Waals surface area contributed by atoms with Crippen LogP contribution in [0, 0.1) is 0 Å². The summed E-state index contributed by atoms with van der Waals surface area (Å²) in [6.45, 7) is 0. The van der Waals surface area contributed by atoms with Gasteiger partial charge in [-0.2, -0.15) is 13.2 Å². The number of hydrogen-bond donors (Lipinski definition) is 1. The van der Waals surface area contributed by atoms with Crippen LogP contribution < -0.4 is 21.8 Å². The van der Waals surface area contributed by atoms with Gasteiger partial charge in [-0.1, -0.05) is 11.6 Å². The number of H-pyrrole nitrogens is 1. The fraction of sp³-hybridized carbons (Fsp3) is 0.118. The Labute approximate surface area is 183 Å². The van der Waals surface area contributed by atoms with Crippen molar-refractivity contribution in [3.05, 3.63) is 77.3 Å². The van der Waals surface area contributed by atoms with Gasteiger partial charge in [-0.05, 0) is 64.1 Å². The molecular weight excluding hydrogens is 515 g/mol. The number of nitrogens with zero attached hydrogens (tertiary/aromatic N) is 2. The highest BCUT2D eigenvalue weighted by Gasteiger charge is 2.29. The van der Waals surface area contributed by atoms with E-state index in [1.54, 1.807) is 0 Å². The Balaban J connectivity index is 1.95. The predicted octanol–water partition coefficient (Wildman–Crippen LogP) is 4.04. The minimum absolute atomic E-state index is 0.00766. The Kier molecular flexibility index (Phi) is 6.20. The zero-order valence-electron chi connectivity index (χ0n) is 14.8. The molecule has 0 fully saturated rings. The summed E-state index contributed by atoms with van der Waals surface area (Å²) >= 11 is 9.20. The average molecular weight is 525 g/mol. The second-order valence-corrected chi connectivity index (χ2v) is 8.17. The Bertz CT molecular complexity index is 1260. The summed E-state index contributed by atoms with van der Waals surface area (Å²) in [5.74, 6) is 0.333. The van der Waals surface area contributed by atoms with Crippen LogP contribution in [0.5, 0.6) is 11.5 Å². The molecule has 0 aliphatic heterocycles. The van der Waals surface area contributed by atoms with Crippen molar-refractivity contribution in [3.63, 3.8) is 0 Å². The monoisotopic (exact) mass is 523 g/mol. The number of hydrogen-bond acceptors (Lipinski definition) is 5. The van der Waals surface area contributed by atoms with Gasteiger partial charge in [0.1, 0.15) is 5.75 Å². The van der Waals surface area contributed by atoms with E-state index < -0.39 is 22.6 Å². The molecule has 0 amide bonds. The third-order valence-electron chi connectivity index (χ3n) is 3.72. The van der Waals surface area contributed by atoms with E-state index in [2.05, 4.69) is 15.9 Å². The lowest BCUT2D eigenvalue weighted by Gasteiger charge is -2.13. The van der Waals surface area contributed by atoms with Gasteiger partial charge in [-0.15, -0.1) is 0 Å². The third kappa shape index (κ3) is 4.82. The standard InChI is InChI=1S/C17H10BrClF3N3O4S/c1-24-14(26)23-15(27)25(16(24)28)8-6-11(18)13(12(19)7-8)29-9-2-4-10(5-3-9)30-17(20,21)22/h2-7H,1H3,(H,23,26,27). The summed E-state index contributed by atoms with van der Waals surface area (Å²) in [4.78, 5) is 37.8. The summed E-state index contributed by atoms with van der Waals surface area (Å²) in [7, 11) is 1.20. The molecule has 1 heterocycles. The molecular formula is C17H10BrClF3N3O4S. The van der Waals surface area contributed by atoms with Crippen LogP contribution in [0.2, 0.25) is 5.02 Å². The Hall–Kier alpha value is -2.44. The van der Waals surface area contributed by atoms with Crippen molar-refractivity contribution >= 4 is 39.3 Å². The highest BCUT2D eigenvalue weighted by atomic mass is 79.9. The molecule has 3 aromatic rings. The van der Waals surface area contributed by atoms with E-state index in [-0.39, 0.29) is 43.3 Å². The quantitative estimate of drug-likeness (QED) is 0.521. The normalized spacial score (nSPS) is 11.5. The summed E-state index contributed by atoms with van der Waals surface area (Å²) in [6.07, 6.45) is 0. The summed E-state index contributed by atoms with van der Waals surface area (Å²) in [5, 5.41) is 0.00766. The van der Waals surface area contributed by atoms with E-state index in [9.17, 15) is 27.6 Å². The molecule has 2 aromatic carbocycles. The second-order valence-electron chi connectivity index (χ2n) is 5.77. The van der Waals surface area contributed by atoms with Gasteiger partial charge in [-0.25, -0.2) is 23.5 Å². The van der Waals surface area contributed by atoms with Crippen LogP contribution in [0.1, 0.15) is 0 Å². The molecule has 30 heavy (non-hydrogen) atoms. The summed E-state index contributed by atoms with van der Waals surface area (Å²) < 4.78 is 44.6. The zero-order chi connectivity index (χ0) is 22.2. The molecule has 0 radical (unpaired) electrons. The lowest BCUT2D eigenvalue weighted by molar-refractivity contribution is -0.0328. The van der Waals surface area contributed by atoms with Gasteiger partial charge in [-0.3, -0.25) is 4.98 Å². The highest BCUT2D eigenvalue weighted by molar-refractivity contribution is 9.10. The van der Waals surface area contributed by atoms with Gasteiger partial charge >= 0.3 is 22.6 Å². The van der Waals surface area contributed by atoms with Crippen molar-refractivity contribution in [2.45, 2.75) is 10.4 Å². The maximum absolute atomic E-state index is 12.4. The van der Waals surface area contributed by atoms with E-state index in [4.69, 9.17) is 16.3 Å². The highest BCUT2D eigenvalue weighted by Crippen LogP contribution is 2.40. The van der Waals surface area contributed by atoms with E-state index in [0.717, 1.165) is 0 Å². The van der Waals surface area contributed by atoms with Crippen LogP contribution in [-0.4, -0.2) is 19.6 Å². The maximum Gasteiger partial charge on any atom is 0.446 e. The number of nitrogens with one attached hydrogen (secondary N) is 1. The molecule has 0 spiro atoms. The first kappa shape index (κ1) is 22.2. The van der Waals surface area contributed by atoms with E-state index in [0.29, 0.717) is 9.13 Å². The van der Waals surface area contributed by atoms with Crippen molar-refractivity contribution in [1.29, 1.82) is 0 Å². The van der Waals surface area contributed by atoms with Crippen molar-refractivity contribution in [1.82, 2.24) is 14.1 Å². The van der Waals surface area contributed by atoms with Crippen molar-refractivity contribution in [2.75, 3.05) is 0 Å². The Morgan fingerprint density at radius 1 is 1.10 bits per heavy atom. The number of thioether (sulfide) groups is 1. The van der Waals surface area contributed by atoms with Gasteiger partial charge in [0.25, 0.3) is 0 Å². The lowest BCUT2D eigenvalue weighted by Crippen LogP contribution is -2.47. The largest absolute Gasteiger partial charge is 0.455 e. The van der Waals surface area contributed by atoms with Crippen LogP contribution in [0.4, 0.5) is 13.2 Å².